The van der Waals surface area contributed by atoms with Crippen LogP contribution in [-0.4, -0.2) is 16.5 Å². The molecule has 3 rings (SSSR count). The van der Waals surface area contributed by atoms with Crippen LogP contribution in [0.3, 0.4) is 0 Å². The van der Waals surface area contributed by atoms with Gasteiger partial charge in [0.25, 0.3) is 0 Å². The number of carbonyl (C=O) groups excluding carboxylic acids is 1. The van der Waals surface area contributed by atoms with Gasteiger partial charge in [-0.1, -0.05) is 20.3 Å². The van der Waals surface area contributed by atoms with Crippen LogP contribution in [0, 0.1) is 0 Å². The maximum atomic E-state index is 12.5. The van der Waals surface area contributed by atoms with Gasteiger partial charge in [-0.25, -0.2) is 4.79 Å². The Morgan fingerprint density at radius 1 is 1.32 bits per heavy atom. The number of carbonyl (C=O) groups is 1. The first-order valence-corrected chi connectivity index (χ1v) is 8.85. The molecular weight excluding hydrogens is 320 g/mol. The molecule has 1 aliphatic rings. The molecule has 0 spiro atoms. The molecule has 0 atom stereocenters. The van der Waals surface area contributed by atoms with Crippen molar-refractivity contribution in [1.29, 1.82) is 0 Å². The Hall–Kier alpha value is -2.30. The summed E-state index contributed by atoms with van der Waals surface area (Å²) in [6.07, 6.45) is 3.07. The molecule has 0 aliphatic carbocycles. The molecule has 1 aromatic heterocycles. The minimum absolute atomic E-state index is 0.106. The van der Waals surface area contributed by atoms with E-state index >= 15 is 0 Å². The molecule has 0 saturated heterocycles. The minimum Gasteiger partial charge on any atom is -0.507 e. The Morgan fingerprint density at radius 2 is 2.04 bits per heavy atom. The number of rotatable bonds is 4. The lowest BCUT2D eigenvalue weighted by molar-refractivity contribution is 0.0855. The molecule has 0 amide bonds. The third-order valence-corrected chi connectivity index (χ3v) is 4.77. The van der Waals surface area contributed by atoms with E-state index in [0.29, 0.717) is 29.5 Å². The minimum atomic E-state index is -0.518. The van der Waals surface area contributed by atoms with Gasteiger partial charge in [-0.15, -0.1) is 0 Å². The SMILES string of the molecule is CCCc1cc(=O)oc2c(C(=O)CC)c(O)c3c(c12)OC(C)(C)CC3. The Labute approximate surface area is 146 Å². The highest BCUT2D eigenvalue weighted by Gasteiger charge is 2.34. The van der Waals surface area contributed by atoms with Crippen molar-refractivity contribution in [2.24, 2.45) is 0 Å². The molecule has 0 saturated carbocycles. The van der Waals surface area contributed by atoms with Gasteiger partial charge in [0.05, 0.1) is 5.39 Å². The van der Waals surface area contributed by atoms with Gasteiger partial charge in [0.1, 0.15) is 22.7 Å². The van der Waals surface area contributed by atoms with E-state index < -0.39 is 5.63 Å². The van der Waals surface area contributed by atoms with Crippen LogP contribution in [0.4, 0.5) is 0 Å². The van der Waals surface area contributed by atoms with Crippen molar-refractivity contribution in [3.8, 4) is 11.5 Å². The summed E-state index contributed by atoms with van der Waals surface area (Å²) >= 11 is 0. The van der Waals surface area contributed by atoms with E-state index in [4.69, 9.17) is 9.15 Å². The van der Waals surface area contributed by atoms with Gasteiger partial charge in [0.2, 0.25) is 0 Å². The van der Waals surface area contributed by atoms with Crippen LogP contribution in [0.25, 0.3) is 11.0 Å². The molecule has 5 heteroatoms. The summed E-state index contributed by atoms with van der Waals surface area (Å²) in [5.74, 6) is 0.192. The second kappa shape index (κ2) is 6.21. The monoisotopic (exact) mass is 344 g/mol. The Morgan fingerprint density at radius 3 is 2.68 bits per heavy atom. The number of hydrogen-bond donors (Lipinski definition) is 1. The maximum Gasteiger partial charge on any atom is 0.336 e. The highest BCUT2D eigenvalue weighted by atomic mass is 16.5. The number of aromatic hydroxyl groups is 1. The molecule has 0 bridgehead atoms. The molecule has 1 aliphatic heterocycles. The van der Waals surface area contributed by atoms with Gasteiger partial charge < -0.3 is 14.3 Å². The summed E-state index contributed by atoms with van der Waals surface area (Å²) in [7, 11) is 0. The molecular formula is C20H24O5. The Kier molecular flexibility index (Phi) is 4.35. The topological polar surface area (TPSA) is 76.7 Å². The van der Waals surface area contributed by atoms with Gasteiger partial charge in [-0.05, 0) is 38.7 Å². The first-order chi connectivity index (χ1) is 11.8. The fourth-order valence-electron chi connectivity index (χ4n) is 3.48. The maximum absolute atomic E-state index is 12.5. The first kappa shape index (κ1) is 17.5. The number of fused-ring (bicyclic) bond motifs is 3. The second-order valence-corrected chi connectivity index (χ2v) is 7.21. The Bertz CT molecular complexity index is 905. The summed E-state index contributed by atoms with van der Waals surface area (Å²) in [5, 5.41) is 11.4. The number of phenols is 1. The van der Waals surface area contributed by atoms with E-state index in [0.717, 1.165) is 18.4 Å². The standard InChI is InChI=1S/C20H24O5/c1-5-7-11-10-14(22)24-19-15(11)18-12(8-9-20(3,4)25-18)17(23)16(19)13(21)6-2/h10,23H,5-9H2,1-4H3. The lowest BCUT2D eigenvalue weighted by atomic mass is 9.88. The molecule has 1 aromatic carbocycles. The van der Waals surface area contributed by atoms with Crippen molar-refractivity contribution in [2.45, 2.75) is 65.4 Å². The molecule has 25 heavy (non-hydrogen) atoms. The highest BCUT2D eigenvalue weighted by Crippen LogP contribution is 2.47. The summed E-state index contributed by atoms with van der Waals surface area (Å²) in [6.45, 7) is 7.72. The first-order valence-electron chi connectivity index (χ1n) is 8.85. The van der Waals surface area contributed by atoms with Gasteiger partial charge in [-0.3, -0.25) is 4.79 Å². The smallest absolute Gasteiger partial charge is 0.336 e. The van der Waals surface area contributed by atoms with Crippen LogP contribution in [0.5, 0.6) is 11.5 Å². The number of Topliss-reactive ketones (excluding diaryl/α,β-unsaturated/α-hetero) is 1. The normalized spacial score (nSPS) is 15.7. The molecule has 0 radical (unpaired) electrons. The molecule has 1 N–H and O–H groups in total. The van der Waals surface area contributed by atoms with Crippen molar-refractivity contribution in [3.05, 3.63) is 33.2 Å². The molecule has 2 heterocycles. The molecule has 0 unspecified atom stereocenters. The zero-order chi connectivity index (χ0) is 18.4. The van der Waals surface area contributed by atoms with Crippen molar-refractivity contribution in [1.82, 2.24) is 0 Å². The van der Waals surface area contributed by atoms with Crippen molar-refractivity contribution < 1.29 is 19.1 Å². The second-order valence-electron chi connectivity index (χ2n) is 7.21. The van der Waals surface area contributed by atoms with E-state index in [2.05, 4.69) is 0 Å². The van der Waals surface area contributed by atoms with Crippen LogP contribution in [0.2, 0.25) is 0 Å². The number of phenolic OH excluding ortho intramolecular Hbond substituents is 1. The fourth-order valence-corrected chi connectivity index (χ4v) is 3.48. The number of ketones is 1. The third-order valence-electron chi connectivity index (χ3n) is 4.77. The van der Waals surface area contributed by atoms with Crippen molar-refractivity contribution in [2.75, 3.05) is 0 Å². The van der Waals surface area contributed by atoms with Crippen LogP contribution >= 0.6 is 0 Å². The summed E-state index contributed by atoms with van der Waals surface area (Å²) in [6, 6.07) is 1.47. The average molecular weight is 344 g/mol. The fraction of sp³-hybridized carbons (Fsp3) is 0.500. The van der Waals surface area contributed by atoms with Crippen molar-refractivity contribution in [3.63, 3.8) is 0 Å². The van der Waals surface area contributed by atoms with Crippen LogP contribution in [0.15, 0.2) is 15.3 Å². The third kappa shape index (κ3) is 2.92. The van der Waals surface area contributed by atoms with Crippen molar-refractivity contribution >= 4 is 16.8 Å². The van der Waals surface area contributed by atoms with Crippen LogP contribution < -0.4 is 10.4 Å². The number of hydrogen-bond acceptors (Lipinski definition) is 5. The molecule has 0 fully saturated rings. The molecule has 5 nitrogen and oxygen atoms in total. The van der Waals surface area contributed by atoms with Crippen LogP contribution in [0.1, 0.15) is 68.4 Å². The summed E-state index contributed by atoms with van der Waals surface area (Å²) < 4.78 is 11.6. The molecule has 134 valence electrons. The lowest BCUT2D eigenvalue weighted by Crippen LogP contribution is -2.33. The quantitative estimate of drug-likeness (QED) is 0.666. The van der Waals surface area contributed by atoms with Gasteiger partial charge in [0, 0.05) is 18.1 Å². The summed E-state index contributed by atoms with van der Waals surface area (Å²) in [5.41, 5.74) is 0.784. The molecule has 2 aromatic rings. The number of benzene rings is 1. The summed E-state index contributed by atoms with van der Waals surface area (Å²) in [4.78, 5) is 24.5. The zero-order valence-electron chi connectivity index (χ0n) is 15.2. The van der Waals surface area contributed by atoms with Crippen LogP contribution in [-0.2, 0) is 12.8 Å². The Balaban J connectivity index is 2.49. The van der Waals surface area contributed by atoms with E-state index in [9.17, 15) is 14.7 Å². The van der Waals surface area contributed by atoms with Gasteiger partial charge in [-0.2, -0.15) is 0 Å². The predicted octanol–water partition coefficient (Wildman–Crippen LogP) is 4.15. The van der Waals surface area contributed by atoms with Gasteiger partial charge in [0.15, 0.2) is 11.4 Å². The largest absolute Gasteiger partial charge is 0.507 e. The lowest BCUT2D eigenvalue weighted by Gasteiger charge is -2.34. The number of ether oxygens (including phenoxy) is 1. The number of aryl methyl sites for hydroxylation is 1. The average Bonchev–Trinajstić information content (AvgIpc) is 2.53. The van der Waals surface area contributed by atoms with E-state index in [-0.39, 0.29) is 34.7 Å². The van der Waals surface area contributed by atoms with Gasteiger partial charge >= 0.3 is 5.63 Å². The van der Waals surface area contributed by atoms with E-state index in [1.807, 2.05) is 20.8 Å². The predicted molar refractivity (Wildman–Crippen MR) is 95.8 cm³/mol. The van der Waals surface area contributed by atoms with E-state index in [1.165, 1.54) is 6.07 Å². The zero-order valence-corrected chi connectivity index (χ0v) is 15.2. The highest BCUT2D eigenvalue weighted by molar-refractivity contribution is 6.11. The van der Waals surface area contributed by atoms with E-state index in [1.54, 1.807) is 6.92 Å².